The maximum absolute atomic E-state index is 13.3. The van der Waals surface area contributed by atoms with E-state index in [-0.39, 0.29) is 14.8 Å². The third kappa shape index (κ3) is 6.10. The molecule has 3 heterocycles. The monoisotopic (exact) mass is 567 g/mol. The number of ketones is 1. The molecule has 40 heavy (non-hydrogen) atoms. The maximum Gasteiger partial charge on any atom is 0.417 e. The fourth-order valence-electron chi connectivity index (χ4n) is 4.36. The Balaban J connectivity index is 0.00000242. The predicted octanol–water partition coefficient (Wildman–Crippen LogP) is 6.69. The first-order valence-corrected chi connectivity index (χ1v) is 13.1. The van der Waals surface area contributed by atoms with Crippen LogP contribution in [0.4, 0.5) is 30.6 Å². The Hall–Kier alpha value is -4.37. The summed E-state index contributed by atoms with van der Waals surface area (Å²) < 4.78 is 40.0. The minimum absolute atomic E-state index is 0. The Kier molecular flexibility index (Phi) is 7.25. The van der Waals surface area contributed by atoms with E-state index in [4.69, 9.17) is 0 Å². The molecule has 0 unspecified atom stereocenters. The average molecular weight is 568 g/mol. The highest BCUT2D eigenvalue weighted by molar-refractivity contribution is 7.99. The SMILES string of the molecule is Cc1cc(Nc2cc(N3CC(C)(C#N)C3)nc(Sc3ccc(CC(=O)c4ccccc4C(F)(F)F)cc3)n2)n[nH]1.[HH].[HH]. The van der Waals surface area contributed by atoms with Crippen molar-refractivity contribution >= 4 is 35.0 Å². The summed E-state index contributed by atoms with van der Waals surface area (Å²) >= 11 is 1.30. The molecule has 4 aromatic rings. The largest absolute Gasteiger partial charge is 0.417 e. The fraction of sp³-hybridized carbons (Fsp3) is 0.250. The van der Waals surface area contributed by atoms with Crippen LogP contribution < -0.4 is 10.2 Å². The second-order valence-corrected chi connectivity index (χ2v) is 10.9. The lowest BCUT2D eigenvalue weighted by Gasteiger charge is -2.44. The van der Waals surface area contributed by atoms with Crippen molar-refractivity contribution in [2.75, 3.05) is 23.3 Å². The minimum atomic E-state index is -4.60. The summed E-state index contributed by atoms with van der Waals surface area (Å²) in [5.41, 5.74) is -0.229. The van der Waals surface area contributed by atoms with E-state index in [0.29, 0.717) is 41.3 Å². The second kappa shape index (κ2) is 10.7. The molecule has 1 aliphatic heterocycles. The minimum Gasteiger partial charge on any atom is -0.353 e. The number of carbonyl (C=O) groups is 1. The van der Waals surface area contributed by atoms with E-state index in [1.54, 1.807) is 30.3 Å². The number of nitriles is 1. The quantitative estimate of drug-likeness (QED) is 0.179. The number of alkyl halides is 3. The number of nitrogens with zero attached hydrogens (tertiary/aromatic N) is 5. The third-order valence-electron chi connectivity index (χ3n) is 6.36. The van der Waals surface area contributed by atoms with Gasteiger partial charge < -0.3 is 10.2 Å². The molecular weight excluding hydrogens is 539 g/mol. The third-order valence-corrected chi connectivity index (χ3v) is 7.23. The van der Waals surface area contributed by atoms with Crippen molar-refractivity contribution in [3.8, 4) is 6.07 Å². The van der Waals surface area contributed by atoms with Gasteiger partial charge in [-0.3, -0.25) is 9.89 Å². The molecule has 0 saturated carbocycles. The molecule has 0 aliphatic carbocycles. The van der Waals surface area contributed by atoms with E-state index in [1.165, 1.54) is 30.0 Å². The van der Waals surface area contributed by atoms with Crippen molar-refractivity contribution in [3.63, 3.8) is 0 Å². The number of Topliss-reactive ketones (excluding diaryl/α,β-unsaturated/α-hetero) is 1. The number of H-pyrrole nitrogens is 1. The normalized spacial score (nSPS) is 14.3. The molecule has 12 heteroatoms. The van der Waals surface area contributed by atoms with Crippen LogP contribution in [-0.4, -0.2) is 39.0 Å². The molecule has 2 aromatic carbocycles. The molecule has 0 spiro atoms. The number of aromatic amines is 1. The van der Waals surface area contributed by atoms with Crippen LogP contribution in [-0.2, 0) is 12.6 Å². The van der Waals surface area contributed by atoms with E-state index in [1.807, 2.05) is 24.8 Å². The summed E-state index contributed by atoms with van der Waals surface area (Å²) in [7, 11) is 0. The number of hydrogen-bond acceptors (Lipinski definition) is 8. The van der Waals surface area contributed by atoms with Crippen LogP contribution in [0.5, 0.6) is 0 Å². The summed E-state index contributed by atoms with van der Waals surface area (Å²) in [6.45, 7) is 4.89. The van der Waals surface area contributed by atoms with Crippen LogP contribution in [0.1, 0.15) is 37.0 Å². The molecule has 1 saturated heterocycles. The van der Waals surface area contributed by atoms with Crippen molar-refractivity contribution in [2.24, 2.45) is 5.41 Å². The smallest absolute Gasteiger partial charge is 0.353 e. The number of rotatable bonds is 8. The molecule has 5 rings (SSSR count). The average Bonchev–Trinajstić information content (AvgIpc) is 3.31. The summed E-state index contributed by atoms with van der Waals surface area (Å²) in [4.78, 5) is 24.8. The lowest BCUT2D eigenvalue weighted by molar-refractivity contribution is -0.137. The second-order valence-electron chi connectivity index (χ2n) is 9.87. The van der Waals surface area contributed by atoms with Crippen LogP contribution in [0, 0.1) is 23.7 Å². The molecule has 1 aliphatic rings. The number of carbonyl (C=O) groups excluding carboxylic acids is 1. The molecule has 0 bridgehead atoms. The lowest BCUT2D eigenvalue weighted by Crippen LogP contribution is -2.54. The van der Waals surface area contributed by atoms with Gasteiger partial charge in [0.05, 0.1) is 17.0 Å². The number of hydrogen-bond donors (Lipinski definition) is 2. The summed E-state index contributed by atoms with van der Waals surface area (Å²) in [6.07, 6.45) is -4.76. The number of benzene rings is 2. The first kappa shape index (κ1) is 27.2. The highest BCUT2D eigenvalue weighted by Gasteiger charge is 2.40. The van der Waals surface area contributed by atoms with Crippen molar-refractivity contribution in [2.45, 2.75) is 36.5 Å². The standard InChI is InChI=1S/C28H24F3N7OS.2H2/c1-17-11-24(37-36-17)33-23-13-25(38-15-27(2,14-32)16-38)35-26(34-23)40-19-9-7-18(8-10-19)12-22(39)20-5-3-4-6-21(20)28(29,30)31;;/h3-11,13H,12,15-16H2,1-2H3,(H2,33,34,35,36,37);2*1H. The van der Waals surface area contributed by atoms with Crippen LogP contribution in [0.25, 0.3) is 0 Å². The van der Waals surface area contributed by atoms with Crippen LogP contribution in [0.2, 0.25) is 0 Å². The number of aryl methyl sites for hydroxylation is 1. The number of aromatic nitrogens is 4. The van der Waals surface area contributed by atoms with Crippen molar-refractivity contribution < 1.29 is 20.8 Å². The van der Waals surface area contributed by atoms with Gasteiger partial charge in [0.1, 0.15) is 11.6 Å². The molecule has 2 aromatic heterocycles. The van der Waals surface area contributed by atoms with Gasteiger partial charge in [0.15, 0.2) is 16.8 Å². The van der Waals surface area contributed by atoms with Crippen LogP contribution in [0.15, 0.2) is 70.7 Å². The first-order valence-electron chi connectivity index (χ1n) is 12.3. The van der Waals surface area contributed by atoms with Gasteiger partial charge in [-0.15, -0.1) is 0 Å². The lowest BCUT2D eigenvalue weighted by atomic mass is 9.84. The zero-order valence-electron chi connectivity index (χ0n) is 21.6. The van der Waals surface area contributed by atoms with Crippen molar-refractivity contribution in [3.05, 3.63) is 83.0 Å². The Morgan fingerprint density at radius 3 is 2.52 bits per heavy atom. The Morgan fingerprint density at radius 1 is 1.15 bits per heavy atom. The Bertz CT molecular complexity index is 1600. The molecule has 0 amide bonds. The Labute approximate surface area is 235 Å². The zero-order valence-corrected chi connectivity index (χ0v) is 22.4. The molecule has 1 fully saturated rings. The zero-order chi connectivity index (χ0) is 28.5. The van der Waals surface area contributed by atoms with E-state index >= 15 is 0 Å². The summed E-state index contributed by atoms with van der Waals surface area (Å²) in [5.74, 6) is 1.21. The summed E-state index contributed by atoms with van der Waals surface area (Å²) in [5, 5.41) is 20.1. The van der Waals surface area contributed by atoms with Gasteiger partial charge >= 0.3 is 6.18 Å². The van der Waals surface area contributed by atoms with Gasteiger partial charge in [0.2, 0.25) is 0 Å². The molecule has 0 radical (unpaired) electrons. The number of halogens is 3. The van der Waals surface area contributed by atoms with Gasteiger partial charge in [0, 0.05) is 50.6 Å². The number of nitrogens with one attached hydrogen (secondary N) is 2. The van der Waals surface area contributed by atoms with E-state index in [9.17, 15) is 23.2 Å². The Morgan fingerprint density at radius 2 is 1.88 bits per heavy atom. The molecule has 8 nitrogen and oxygen atoms in total. The summed E-state index contributed by atoms with van der Waals surface area (Å²) in [6, 6.07) is 17.8. The van der Waals surface area contributed by atoms with Gasteiger partial charge in [-0.1, -0.05) is 30.3 Å². The van der Waals surface area contributed by atoms with Gasteiger partial charge in [-0.25, -0.2) is 9.97 Å². The van der Waals surface area contributed by atoms with Gasteiger partial charge in [-0.05, 0) is 49.4 Å². The van der Waals surface area contributed by atoms with E-state index in [0.717, 1.165) is 16.7 Å². The first-order chi connectivity index (χ1) is 19.0. The van der Waals surface area contributed by atoms with E-state index < -0.39 is 22.9 Å². The molecule has 2 N–H and O–H groups in total. The predicted molar refractivity (Wildman–Crippen MR) is 149 cm³/mol. The fourth-order valence-corrected chi connectivity index (χ4v) is 5.13. The maximum atomic E-state index is 13.3. The highest BCUT2D eigenvalue weighted by atomic mass is 32.2. The topological polar surface area (TPSA) is 111 Å². The van der Waals surface area contributed by atoms with Gasteiger partial charge in [0.25, 0.3) is 0 Å². The number of anilines is 3. The van der Waals surface area contributed by atoms with Crippen LogP contribution in [0.3, 0.4) is 0 Å². The molecular formula is C28H28F3N7OS. The molecule has 208 valence electrons. The molecule has 0 atom stereocenters. The van der Waals surface area contributed by atoms with E-state index in [2.05, 4.69) is 31.6 Å². The highest BCUT2D eigenvalue weighted by Crippen LogP contribution is 2.36. The van der Waals surface area contributed by atoms with Gasteiger partial charge in [-0.2, -0.15) is 23.5 Å². The van der Waals surface area contributed by atoms with Crippen molar-refractivity contribution in [1.82, 2.24) is 20.2 Å². The van der Waals surface area contributed by atoms with Crippen molar-refractivity contribution in [1.29, 1.82) is 5.26 Å². The van der Waals surface area contributed by atoms with Crippen LogP contribution >= 0.6 is 11.8 Å².